The van der Waals surface area contributed by atoms with Crippen LogP contribution in [0.1, 0.15) is 5.56 Å². The van der Waals surface area contributed by atoms with Crippen molar-refractivity contribution >= 4 is 34.7 Å². The van der Waals surface area contributed by atoms with E-state index in [4.69, 9.17) is 23.2 Å². The van der Waals surface area contributed by atoms with Crippen molar-refractivity contribution in [2.45, 2.75) is 6.92 Å². The van der Waals surface area contributed by atoms with E-state index in [-0.39, 0.29) is 0 Å². The smallest absolute Gasteiger partial charge is 0.153 e. The second kappa shape index (κ2) is 4.68. The first-order valence-corrected chi connectivity index (χ1v) is 5.44. The molecule has 5 heteroatoms. The van der Waals surface area contributed by atoms with Gasteiger partial charge in [-0.3, -0.25) is 0 Å². The van der Waals surface area contributed by atoms with Crippen LogP contribution in [-0.4, -0.2) is 10.2 Å². The summed E-state index contributed by atoms with van der Waals surface area (Å²) in [6, 6.07) is 9.08. The Kier molecular flexibility index (Phi) is 3.27. The minimum atomic E-state index is 0.369. The van der Waals surface area contributed by atoms with Gasteiger partial charge in [-0.25, -0.2) is 0 Å². The zero-order valence-corrected chi connectivity index (χ0v) is 10.0. The topological polar surface area (TPSA) is 37.8 Å². The van der Waals surface area contributed by atoms with Gasteiger partial charge in [0.1, 0.15) is 0 Å². The fourth-order valence-corrected chi connectivity index (χ4v) is 1.54. The highest BCUT2D eigenvalue weighted by molar-refractivity contribution is 6.31. The molecule has 3 nitrogen and oxygen atoms in total. The molecule has 0 saturated carbocycles. The molecule has 0 fully saturated rings. The van der Waals surface area contributed by atoms with Crippen molar-refractivity contribution in [3.63, 3.8) is 0 Å². The minimum Gasteiger partial charge on any atom is -0.338 e. The van der Waals surface area contributed by atoms with Gasteiger partial charge in [-0.1, -0.05) is 29.3 Å². The van der Waals surface area contributed by atoms with Gasteiger partial charge in [-0.2, -0.15) is 0 Å². The molecule has 0 atom stereocenters. The Balaban J connectivity index is 2.27. The highest BCUT2D eigenvalue weighted by Gasteiger charge is 2.03. The molecule has 1 aromatic heterocycles. The summed E-state index contributed by atoms with van der Waals surface area (Å²) in [5.41, 5.74) is 1.88. The maximum Gasteiger partial charge on any atom is 0.153 e. The molecule has 0 aliphatic heterocycles. The minimum absolute atomic E-state index is 0.369. The van der Waals surface area contributed by atoms with E-state index < -0.39 is 0 Å². The van der Waals surface area contributed by atoms with E-state index in [9.17, 15) is 0 Å². The van der Waals surface area contributed by atoms with Gasteiger partial charge in [0.25, 0.3) is 0 Å². The van der Waals surface area contributed by atoms with Crippen LogP contribution in [0.2, 0.25) is 10.2 Å². The summed E-state index contributed by atoms with van der Waals surface area (Å²) in [6.45, 7) is 1.94. The summed E-state index contributed by atoms with van der Waals surface area (Å²) < 4.78 is 0. The zero-order chi connectivity index (χ0) is 11.5. The van der Waals surface area contributed by atoms with Gasteiger partial charge in [-0.15, -0.1) is 10.2 Å². The predicted octanol–water partition coefficient (Wildman–Crippen LogP) is 3.84. The fraction of sp³-hybridized carbons (Fsp3) is 0.0909. The summed E-state index contributed by atoms with van der Waals surface area (Å²) in [7, 11) is 0. The number of rotatable bonds is 2. The lowest BCUT2D eigenvalue weighted by Gasteiger charge is -2.08. The molecule has 82 valence electrons. The van der Waals surface area contributed by atoms with Crippen LogP contribution < -0.4 is 5.32 Å². The average Bonchev–Trinajstić information content (AvgIpc) is 2.28. The molecule has 0 unspecified atom stereocenters. The van der Waals surface area contributed by atoms with Gasteiger partial charge >= 0.3 is 0 Å². The number of halogens is 2. The SMILES string of the molecule is Cc1c(Cl)cccc1Nc1ccc(Cl)nn1. The van der Waals surface area contributed by atoms with Crippen LogP contribution in [0, 0.1) is 6.92 Å². The Morgan fingerprint density at radius 1 is 1.06 bits per heavy atom. The van der Waals surface area contributed by atoms with E-state index in [0.717, 1.165) is 11.3 Å². The van der Waals surface area contributed by atoms with E-state index in [1.807, 2.05) is 25.1 Å². The molecule has 2 aromatic rings. The Morgan fingerprint density at radius 3 is 2.56 bits per heavy atom. The maximum atomic E-state index is 6.01. The molecule has 0 radical (unpaired) electrons. The first-order valence-electron chi connectivity index (χ1n) is 4.68. The summed E-state index contributed by atoms with van der Waals surface area (Å²) in [4.78, 5) is 0. The lowest BCUT2D eigenvalue weighted by atomic mass is 10.2. The van der Waals surface area contributed by atoms with Crippen molar-refractivity contribution in [2.24, 2.45) is 0 Å². The molecule has 0 bridgehead atoms. The number of anilines is 2. The third-order valence-corrected chi connectivity index (χ3v) is 2.77. The number of hydrogen-bond acceptors (Lipinski definition) is 3. The normalized spacial score (nSPS) is 10.2. The molecule has 0 amide bonds. The summed E-state index contributed by atoms with van der Waals surface area (Å²) in [5.74, 6) is 0.634. The van der Waals surface area contributed by atoms with Crippen LogP contribution in [0.4, 0.5) is 11.5 Å². The van der Waals surface area contributed by atoms with Crippen LogP contribution in [0.5, 0.6) is 0 Å². The molecule has 1 N–H and O–H groups in total. The van der Waals surface area contributed by atoms with Gasteiger partial charge in [0, 0.05) is 10.7 Å². The third kappa shape index (κ3) is 2.43. The standard InChI is InChI=1S/C11H9Cl2N3/c1-7-8(12)3-2-4-9(7)14-11-6-5-10(13)15-16-11/h2-6H,1H3,(H,14,16). The number of nitrogens with one attached hydrogen (secondary N) is 1. The van der Waals surface area contributed by atoms with Gasteiger partial charge in [0.05, 0.1) is 0 Å². The van der Waals surface area contributed by atoms with Gasteiger partial charge in [0.2, 0.25) is 0 Å². The van der Waals surface area contributed by atoms with Crippen molar-refractivity contribution in [3.05, 3.63) is 46.1 Å². The summed E-state index contributed by atoms with van der Waals surface area (Å²) in [6.07, 6.45) is 0. The molecule has 0 aliphatic rings. The van der Waals surface area contributed by atoms with Crippen molar-refractivity contribution in [1.29, 1.82) is 0 Å². The Bertz CT molecular complexity index is 497. The third-order valence-electron chi connectivity index (χ3n) is 2.16. The first kappa shape index (κ1) is 11.2. The zero-order valence-electron chi connectivity index (χ0n) is 8.54. The van der Waals surface area contributed by atoms with Gasteiger partial charge in [0.15, 0.2) is 11.0 Å². The van der Waals surface area contributed by atoms with E-state index in [0.29, 0.717) is 16.0 Å². The molecule has 1 aromatic carbocycles. The highest BCUT2D eigenvalue weighted by atomic mass is 35.5. The molecular formula is C11H9Cl2N3. The van der Waals surface area contributed by atoms with Crippen LogP contribution in [0.15, 0.2) is 30.3 Å². The van der Waals surface area contributed by atoms with Crippen molar-refractivity contribution < 1.29 is 0 Å². The number of hydrogen-bond donors (Lipinski definition) is 1. The summed E-state index contributed by atoms with van der Waals surface area (Å²) in [5, 5.41) is 11.9. The Labute approximate surface area is 103 Å². The lowest BCUT2D eigenvalue weighted by molar-refractivity contribution is 1.04. The monoisotopic (exact) mass is 253 g/mol. The summed E-state index contributed by atoms with van der Waals surface area (Å²) >= 11 is 11.7. The van der Waals surface area contributed by atoms with E-state index >= 15 is 0 Å². The second-order valence-electron chi connectivity index (χ2n) is 3.28. The van der Waals surface area contributed by atoms with Crippen LogP contribution in [0.3, 0.4) is 0 Å². The first-order chi connectivity index (χ1) is 7.66. The van der Waals surface area contributed by atoms with Gasteiger partial charge < -0.3 is 5.32 Å². The largest absolute Gasteiger partial charge is 0.338 e. The molecule has 0 aliphatic carbocycles. The maximum absolute atomic E-state index is 6.01. The van der Waals surface area contributed by atoms with Crippen LogP contribution in [-0.2, 0) is 0 Å². The Morgan fingerprint density at radius 2 is 1.88 bits per heavy atom. The van der Waals surface area contributed by atoms with Crippen LogP contribution in [0.25, 0.3) is 0 Å². The second-order valence-corrected chi connectivity index (χ2v) is 4.07. The number of aromatic nitrogens is 2. The van der Waals surface area contributed by atoms with Crippen molar-refractivity contribution in [1.82, 2.24) is 10.2 Å². The molecule has 0 spiro atoms. The number of nitrogens with zero attached hydrogens (tertiary/aromatic N) is 2. The van der Waals surface area contributed by atoms with Gasteiger partial charge in [-0.05, 0) is 36.8 Å². The lowest BCUT2D eigenvalue weighted by Crippen LogP contribution is -1.97. The molecule has 16 heavy (non-hydrogen) atoms. The predicted molar refractivity (Wildman–Crippen MR) is 66.5 cm³/mol. The van der Waals surface area contributed by atoms with Crippen molar-refractivity contribution in [2.75, 3.05) is 5.32 Å². The van der Waals surface area contributed by atoms with Crippen LogP contribution >= 0.6 is 23.2 Å². The average molecular weight is 254 g/mol. The number of benzene rings is 1. The molecule has 0 saturated heterocycles. The van der Waals surface area contributed by atoms with E-state index in [2.05, 4.69) is 15.5 Å². The van der Waals surface area contributed by atoms with Crippen molar-refractivity contribution in [3.8, 4) is 0 Å². The molecule has 2 rings (SSSR count). The van der Waals surface area contributed by atoms with E-state index in [1.54, 1.807) is 12.1 Å². The Hall–Kier alpha value is -1.32. The fourth-order valence-electron chi connectivity index (χ4n) is 1.26. The van der Waals surface area contributed by atoms with E-state index in [1.165, 1.54) is 0 Å². The highest BCUT2D eigenvalue weighted by Crippen LogP contribution is 2.25. The quantitative estimate of drug-likeness (QED) is 0.884. The molecule has 1 heterocycles. The molecular weight excluding hydrogens is 245 g/mol.